The zero-order valence-electron chi connectivity index (χ0n) is 17.6. The largest absolute Gasteiger partial charge is 0.417 e. The predicted molar refractivity (Wildman–Crippen MR) is 118 cm³/mol. The lowest BCUT2D eigenvalue weighted by molar-refractivity contribution is -0.137. The summed E-state index contributed by atoms with van der Waals surface area (Å²) in [4.78, 5) is 29.6. The fourth-order valence-corrected chi connectivity index (χ4v) is 4.37. The average Bonchev–Trinajstić information content (AvgIpc) is 2.76. The van der Waals surface area contributed by atoms with Crippen LogP contribution in [0.3, 0.4) is 0 Å². The van der Waals surface area contributed by atoms with Crippen molar-refractivity contribution >= 4 is 5.57 Å². The lowest BCUT2D eigenvalue weighted by Gasteiger charge is -2.25. The van der Waals surface area contributed by atoms with Gasteiger partial charge in [-0.05, 0) is 49.0 Å². The molecule has 0 saturated carbocycles. The summed E-state index contributed by atoms with van der Waals surface area (Å²) in [5.41, 5.74) is 1.76. The number of allylic oxidation sites excluding steroid dienone is 2. The summed E-state index contributed by atoms with van der Waals surface area (Å²) in [6, 6.07) is 13.8. The van der Waals surface area contributed by atoms with Gasteiger partial charge < -0.3 is 4.98 Å². The Balaban J connectivity index is 1.67. The Labute approximate surface area is 182 Å². The van der Waals surface area contributed by atoms with Crippen LogP contribution < -0.4 is 11.2 Å². The van der Waals surface area contributed by atoms with Gasteiger partial charge in [-0.15, -0.1) is 0 Å². The standard InChI is InChI=1S/C25H23F3N2O2/c1-15-7-12-19(21(13-15)25(26,27)28)17-8-10-18(11-9-17)22-20(23(31)30-24(32)29-22)14-16-5-3-2-4-6-16/h2-8,12-13,18H,9-11,14H2,1H3,(H2,29,30,31,32). The van der Waals surface area contributed by atoms with Gasteiger partial charge in [0.1, 0.15) is 0 Å². The fourth-order valence-electron chi connectivity index (χ4n) is 4.37. The SMILES string of the molecule is Cc1ccc(C2=CCC(c3[nH]c(=O)[nH]c(=O)c3Cc3ccccc3)CC2)c(C(F)(F)F)c1. The molecule has 1 atom stereocenters. The van der Waals surface area contributed by atoms with Crippen LogP contribution in [-0.2, 0) is 12.6 Å². The summed E-state index contributed by atoms with van der Waals surface area (Å²) < 4.78 is 40.7. The maximum atomic E-state index is 13.6. The van der Waals surface area contributed by atoms with Gasteiger partial charge in [-0.2, -0.15) is 13.2 Å². The Kier molecular flexibility index (Phi) is 5.91. The van der Waals surface area contributed by atoms with Crippen LogP contribution in [0.2, 0.25) is 0 Å². The molecule has 32 heavy (non-hydrogen) atoms. The van der Waals surface area contributed by atoms with E-state index in [2.05, 4.69) is 9.97 Å². The van der Waals surface area contributed by atoms with Gasteiger partial charge in [0.05, 0.1) is 5.56 Å². The van der Waals surface area contributed by atoms with Crippen molar-refractivity contribution in [3.63, 3.8) is 0 Å². The van der Waals surface area contributed by atoms with Crippen molar-refractivity contribution in [1.82, 2.24) is 9.97 Å². The molecule has 166 valence electrons. The van der Waals surface area contributed by atoms with E-state index in [1.54, 1.807) is 19.1 Å². The Morgan fingerprint density at radius 2 is 1.78 bits per heavy atom. The predicted octanol–water partition coefficient (Wildman–Crippen LogP) is 5.33. The zero-order valence-corrected chi connectivity index (χ0v) is 17.6. The van der Waals surface area contributed by atoms with Gasteiger partial charge >= 0.3 is 11.9 Å². The fraction of sp³-hybridized carbons (Fsp3) is 0.280. The summed E-state index contributed by atoms with van der Waals surface area (Å²) in [6.07, 6.45) is -0.846. The van der Waals surface area contributed by atoms with Crippen molar-refractivity contribution in [3.8, 4) is 0 Å². The van der Waals surface area contributed by atoms with E-state index < -0.39 is 23.0 Å². The molecular weight excluding hydrogens is 417 g/mol. The lowest BCUT2D eigenvalue weighted by Crippen LogP contribution is -2.30. The molecule has 0 bridgehead atoms. The summed E-state index contributed by atoms with van der Waals surface area (Å²) in [5, 5.41) is 0. The first-order valence-electron chi connectivity index (χ1n) is 10.5. The molecule has 1 aromatic heterocycles. The second kappa shape index (κ2) is 8.65. The number of halogens is 3. The van der Waals surface area contributed by atoms with Crippen LogP contribution in [-0.4, -0.2) is 9.97 Å². The molecule has 4 rings (SSSR count). The van der Waals surface area contributed by atoms with Gasteiger partial charge in [-0.25, -0.2) is 4.79 Å². The van der Waals surface area contributed by atoms with Crippen LogP contribution in [0.1, 0.15) is 58.7 Å². The highest BCUT2D eigenvalue weighted by molar-refractivity contribution is 5.70. The van der Waals surface area contributed by atoms with Crippen LogP contribution in [0, 0.1) is 6.92 Å². The normalized spacial score (nSPS) is 16.6. The highest BCUT2D eigenvalue weighted by Crippen LogP contribution is 2.41. The smallest absolute Gasteiger partial charge is 0.311 e. The highest BCUT2D eigenvalue weighted by Gasteiger charge is 2.35. The number of alkyl halides is 3. The summed E-state index contributed by atoms with van der Waals surface area (Å²) in [7, 11) is 0. The molecule has 0 fully saturated rings. The number of nitrogens with one attached hydrogen (secondary N) is 2. The molecule has 0 amide bonds. The van der Waals surface area contributed by atoms with Crippen LogP contribution >= 0.6 is 0 Å². The Hall–Kier alpha value is -3.35. The first kappa shape index (κ1) is 21.9. The van der Waals surface area contributed by atoms with Gasteiger partial charge in [0, 0.05) is 23.6 Å². The molecule has 1 aliphatic carbocycles. The van der Waals surface area contributed by atoms with Gasteiger partial charge in [0.25, 0.3) is 5.56 Å². The van der Waals surface area contributed by atoms with E-state index in [0.29, 0.717) is 48.1 Å². The molecule has 1 unspecified atom stereocenters. The number of aromatic amines is 2. The van der Waals surface area contributed by atoms with Crippen LogP contribution in [0.4, 0.5) is 13.2 Å². The third kappa shape index (κ3) is 4.61. The van der Waals surface area contributed by atoms with Crippen LogP contribution in [0.5, 0.6) is 0 Å². The van der Waals surface area contributed by atoms with E-state index in [1.165, 1.54) is 12.1 Å². The average molecular weight is 440 g/mol. The van der Waals surface area contributed by atoms with Crippen molar-refractivity contribution in [1.29, 1.82) is 0 Å². The second-order valence-corrected chi connectivity index (χ2v) is 8.21. The van der Waals surface area contributed by atoms with Crippen molar-refractivity contribution in [2.45, 2.75) is 44.7 Å². The Morgan fingerprint density at radius 3 is 2.44 bits per heavy atom. The zero-order chi connectivity index (χ0) is 22.9. The van der Waals surface area contributed by atoms with Crippen molar-refractivity contribution in [3.05, 3.63) is 109 Å². The molecule has 0 radical (unpaired) electrons. The van der Waals surface area contributed by atoms with E-state index in [1.807, 2.05) is 30.3 Å². The minimum absolute atomic E-state index is 0.146. The first-order valence-corrected chi connectivity index (χ1v) is 10.5. The molecule has 1 heterocycles. The number of aryl methyl sites for hydroxylation is 1. The highest BCUT2D eigenvalue weighted by atomic mass is 19.4. The molecule has 2 N–H and O–H groups in total. The van der Waals surface area contributed by atoms with Crippen LogP contribution in [0.15, 0.2) is 64.2 Å². The van der Waals surface area contributed by atoms with Crippen molar-refractivity contribution in [2.75, 3.05) is 0 Å². The van der Waals surface area contributed by atoms with Crippen molar-refractivity contribution < 1.29 is 13.2 Å². The molecule has 4 nitrogen and oxygen atoms in total. The minimum Gasteiger partial charge on any atom is -0.311 e. The topological polar surface area (TPSA) is 65.7 Å². The summed E-state index contributed by atoms with van der Waals surface area (Å²) in [6.45, 7) is 1.64. The van der Waals surface area contributed by atoms with Gasteiger partial charge in [-0.3, -0.25) is 9.78 Å². The second-order valence-electron chi connectivity index (χ2n) is 8.21. The Bertz CT molecular complexity index is 1270. The quantitative estimate of drug-likeness (QED) is 0.576. The maximum Gasteiger partial charge on any atom is 0.417 e. The molecule has 3 aromatic rings. The third-order valence-electron chi connectivity index (χ3n) is 5.94. The third-order valence-corrected chi connectivity index (χ3v) is 5.94. The maximum absolute atomic E-state index is 13.6. The molecule has 2 aromatic carbocycles. The molecule has 0 saturated heterocycles. The van der Waals surface area contributed by atoms with E-state index in [-0.39, 0.29) is 11.5 Å². The Morgan fingerprint density at radius 1 is 1.03 bits per heavy atom. The number of hydrogen-bond acceptors (Lipinski definition) is 2. The molecule has 0 spiro atoms. The van der Waals surface area contributed by atoms with Gasteiger partial charge in [0.15, 0.2) is 0 Å². The molecule has 1 aliphatic rings. The number of hydrogen-bond donors (Lipinski definition) is 2. The molecule has 0 aliphatic heterocycles. The van der Waals surface area contributed by atoms with E-state index >= 15 is 0 Å². The monoisotopic (exact) mass is 440 g/mol. The number of rotatable bonds is 4. The number of aromatic nitrogens is 2. The molecular formula is C25H23F3N2O2. The summed E-state index contributed by atoms with van der Waals surface area (Å²) >= 11 is 0. The van der Waals surface area contributed by atoms with Crippen LogP contribution in [0.25, 0.3) is 5.57 Å². The van der Waals surface area contributed by atoms with Crippen molar-refractivity contribution in [2.24, 2.45) is 0 Å². The van der Waals surface area contributed by atoms with Gasteiger partial charge in [-0.1, -0.05) is 54.1 Å². The van der Waals surface area contributed by atoms with E-state index in [0.717, 1.165) is 5.56 Å². The number of H-pyrrole nitrogens is 2. The van der Waals surface area contributed by atoms with Gasteiger partial charge in [0.2, 0.25) is 0 Å². The number of benzene rings is 2. The molecule has 7 heteroatoms. The minimum atomic E-state index is -4.43. The first-order chi connectivity index (χ1) is 15.2. The lowest BCUT2D eigenvalue weighted by atomic mass is 9.81. The van der Waals surface area contributed by atoms with E-state index in [9.17, 15) is 22.8 Å². The summed E-state index contributed by atoms with van der Waals surface area (Å²) in [5.74, 6) is -0.146. The van der Waals surface area contributed by atoms with E-state index in [4.69, 9.17) is 0 Å².